The first kappa shape index (κ1) is 27.4. The van der Waals surface area contributed by atoms with Crippen LogP contribution in [0.4, 0.5) is 11.8 Å². The zero-order valence-corrected chi connectivity index (χ0v) is 22.0. The van der Waals surface area contributed by atoms with E-state index < -0.39 is 11.4 Å². The van der Waals surface area contributed by atoms with Crippen LogP contribution in [0.3, 0.4) is 0 Å². The Morgan fingerprint density at radius 1 is 0.846 bits per heavy atom. The molecule has 0 saturated heterocycles. The highest BCUT2D eigenvalue weighted by molar-refractivity contribution is 5.45. The fourth-order valence-corrected chi connectivity index (χ4v) is 3.87. The third-order valence-electron chi connectivity index (χ3n) is 5.90. The highest BCUT2D eigenvalue weighted by atomic mass is 16.5. The SMILES string of the molecule is COCCNc1ncccc1CNc1nc(=O)n(CCOc2ccccc2)c(=O)n1Cc1ccc(OC)cc1. The maximum atomic E-state index is 13.6. The van der Waals surface area contributed by atoms with Gasteiger partial charge in [-0.25, -0.2) is 19.1 Å². The van der Waals surface area contributed by atoms with Crippen molar-refractivity contribution in [3.8, 4) is 11.5 Å². The summed E-state index contributed by atoms with van der Waals surface area (Å²) in [6.45, 7) is 1.80. The largest absolute Gasteiger partial charge is 0.497 e. The third kappa shape index (κ3) is 7.45. The number of aromatic nitrogens is 4. The van der Waals surface area contributed by atoms with Crippen LogP contribution in [0.5, 0.6) is 11.5 Å². The molecule has 0 aliphatic carbocycles. The molecule has 2 N–H and O–H groups in total. The maximum absolute atomic E-state index is 13.6. The van der Waals surface area contributed by atoms with Gasteiger partial charge in [-0.15, -0.1) is 0 Å². The normalized spacial score (nSPS) is 10.7. The molecule has 0 radical (unpaired) electrons. The molecule has 4 aromatic rings. The van der Waals surface area contributed by atoms with Crippen LogP contribution in [0, 0.1) is 0 Å². The fraction of sp³-hybridized carbons (Fsp3) is 0.286. The molecule has 0 spiro atoms. The van der Waals surface area contributed by atoms with E-state index in [0.29, 0.717) is 37.0 Å². The maximum Gasteiger partial charge on any atom is 0.355 e. The smallest absolute Gasteiger partial charge is 0.355 e. The van der Waals surface area contributed by atoms with E-state index >= 15 is 0 Å². The van der Waals surface area contributed by atoms with E-state index in [0.717, 1.165) is 15.7 Å². The third-order valence-corrected chi connectivity index (χ3v) is 5.90. The van der Waals surface area contributed by atoms with Crippen LogP contribution >= 0.6 is 0 Å². The van der Waals surface area contributed by atoms with Crippen LogP contribution in [-0.4, -0.2) is 53.1 Å². The van der Waals surface area contributed by atoms with Crippen molar-refractivity contribution < 1.29 is 14.2 Å². The Hall–Kier alpha value is -4.64. The average molecular weight is 533 g/mol. The standard InChI is InChI=1S/C28H32N6O5/c1-37-17-15-30-25-22(7-6-14-29-25)19-31-26-32-27(35)33(16-18-39-24-8-4-3-5-9-24)28(36)34(26)20-21-10-12-23(38-2)13-11-21/h3-14H,15-20H2,1-2H3,(H,29,30)(H,31,32,35). The number of hydrogen-bond acceptors (Lipinski definition) is 9. The number of rotatable bonds is 14. The molecular formula is C28H32N6O5. The zero-order chi connectivity index (χ0) is 27.5. The summed E-state index contributed by atoms with van der Waals surface area (Å²) in [5, 5.41) is 6.39. The summed E-state index contributed by atoms with van der Waals surface area (Å²) in [4.78, 5) is 35.1. The van der Waals surface area contributed by atoms with E-state index in [1.165, 1.54) is 4.57 Å². The van der Waals surface area contributed by atoms with Crippen molar-refractivity contribution in [3.63, 3.8) is 0 Å². The quantitative estimate of drug-likeness (QED) is 0.236. The van der Waals surface area contributed by atoms with E-state index in [1.54, 1.807) is 20.4 Å². The van der Waals surface area contributed by atoms with Crippen molar-refractivity contribution in [2.75, 3.05) is 44.6 Å². The number of para-hydroxylation sites is 1. The first-order valence-electron chi connectivity index (χ1n) is 12.5. The lowest BCUT2D eigenvalue weighted by atomic mass is 10.2. The van der Waals surface area contributed by atoms with E-state index in [1.807, 2.05) is 66.7 Å². The van der Waals surface area contributed by atoms with Gasteiger partial charge in [-0.2, -0.15) is 4.98 Å². The molecule has 11 heteroatoms. The molecule has 11 nitrogen and oxygen atoms in total. The lowest BCUT2D eigenvalue weighted by molar-refractivity contribution is 0.210. The highest BCUT2D eigenvalue weighted by Crippen LogP contribution is 2.15. The second kappa shape index (κ2) is 13.8. The summed E-state index contributed by atoms with van der Waals surface area (Å²) < 4.78 is 18.6. The molecule has 0 aliphatic rings. The van der Waals surface area contributed by atoms with E-state index in [-0.39, 0.29) is 25.6 Å². The number of hydrogen-bond donors (Lipinski definition) is 2. The lowest BCUT2D eigenvalue weighted by Gasteiger charge is -2.17. The van der Waals surface area contributed by atoms with Gasteiger partial charge in [0.1, 0.15) is 23.9 Å². The van der Waals surface area contributed by atoms with Crippen molar-refractivity contribution in [2.45, 2.75) is 19.6 Å². The first-order chi connectivity index (χ1) is 19.1. The Bertz CT molecular complexity index is 1450. The van der Waals surface area contributed by atoms with Crippen LogP contribution < -0.4 is 31.5 Å². The summed E-state index contributed by atoms with van der Waals surface area (Å²) in [5.74, 6) is 2.20. The molecule has 2 aromatic heterocycles. The molecule has 0 amide bonds. The number of pyridine rings is 1. The zero-order valence-electron chi connectivity index (χ0n) is 22.0. The Balaban J connectivity index is 1.60. The molecule has 4 rings (SSSR count). The number of nitrogens with zero attached hydrogens (tertiary/aromatic N) is 4. The average Bonchev–Trinajstić information content (AvgIpc) is 2.97. The van der Waals surface area contributed by atoms with Gasteiger partial charge in [-0.1, -0.05) is 36.4 Å². The summed E-state index contributed by atoms with van der Waals surface area (Å²) in [6.07, 6.45) is 1.69. The second-order valence-electron chi connectivity index (χ2n) is 8.53. The van der Waals surface area contributed by atoms with Gasteiger partial charge in [0.15, 0.2) is 0 Å². The van der Waals surface area contributed by atoms with E-state index in [2.05, 4.69) is 20.6 Å². The number of anilines is 2. The molecule has 0 fully saturated rings. The van der Waals surface area contributed by atoms with Gasteiger partial charge in [0, 0.05) is 32.0 Å². The molecule has 2 aromatic carbocycles. The molecule has 0 bridgehead atoms. The van der Waals surface area contributed by atoms with Crippen LogP contribution in [0.15, 0.2) is 82.5 Å². The predicted octanol–water partition coefficient (Wildman–Crippen LogP) is 2.61. The van der Waals surface area contributed by atoms with Gasteiger partial charge >= 0.3 is 11.4 Å². The molecule has 2 heterocycles. The summed E-state index contributed by atoms with van der Waals surface area (Å²) >= 11 is 0. The summed E-state index contributed by atoms with van der Waals surface area (Å²) in [7, 11) is 3.22. The molecule has 0 unspecified atom stereocenters. The molecule has 204 valence electrons. The van der Waals surface area contributed by atoms with Gasteiger partial charge in [-0.3, -0.25) is 4.57 Å². The lowest BCUT2D eigenvalue weighted by Crippen LogP contribution is -2.44. The minimum Gasteiger partial charge on any atom is -0.497 e. The second-order valence-corrected chi connectivity index (χ2v) is 8.53. The van der Waals surface area contributed by atoms with E-state index in [4.69, 9.17) is 14.2 Å². The number of nitrogens with one attached hydrogen (secondary N) is 2. The van der Waals surface area contributed by atoms with Crippen LogP contribution in [0.25, 0.3) is 0 Å². The molecule has 0 saturated carbocycles. The minimum atomic E-state index is -0.658. The summed E-state index contributed by atoms with van der Waals surface area (Å²) in [5.41, 5.74) is 0.542. The molecule has 39 heavy (non-hydrogen) atoms. The van der Waals surface area contributed by atoms with E-state index in [9.17, 15) is 9.59 Å². The monoisotopic (exact) mass is 532 g/mol. The molecule has 0 aliphatic heterocycles. The van der Waals surface area contributed by atoms with Gasteiger partial charge in [0.25, 0.3) is 0 Å². The van der Waals surface area contributed by atoms with Gasteiger partial charge < -0.3 is 24.8 Å². The number of ether oxygens (including phenoxy) is 3. The van der Waals surface area contributed by atoms with Crippen molar-refractivity contribution in [2.24, 2.45) is 0 Å². The van der Waals surface area contributed by atoms with Crippen LogP contribution in [0.1, 0.15) is 11.1 Å². The van der Waals surface area contributed by atoms with Crippen molar-refractivity contribution in [3.05, 3.63) is 105 Å². The number of methoxy groups -OCH3 is 2. The number of benzene rings is 2. The molecule has 0 atom stereocenters. The van der Waals surface area contributed by atoms with Crippen molar-refractivity contribution in [1.82, 2.24) is 19.1 Å². The first-order valence-corrected chi connectivity index (χ1v) is 12.5. The fourth-order valence-electron chi connectivity index (χ4n) is 3.87. The predicted molar refractivity (Wildman–Crippen MR) is 149 cm³/mol. The van der Waals surface area contributed by atoms with Gasteiger partial charge in [-0.05, 0) is 35.9 Å². The Morgan fingerprint density at radius 2 is 1.64 bits per heavy atom. The van der Waals surface area contributed by atoms with Crippen molar-refractivity contribution >= 4 is 11.8 Å². The highest BCUT2D eigenvalue weighted by Gasteiger charge is 2.15. The minimum absolute atomic E-state index is 0.0542. The Kier molecular flexibility index (Phi) is 9.68. The topological polar surface area (TPSA) is 122 Å². The Morgan fingerprint density at radius 3 is 2.38 bits per heavy atom. The Labute approximate surface area is 226 Å². The molecular weight excluding hydrogens is 500 g/mol. The van der Waals surface area contributed by atoms with Crippen LogP contribution in [0.2, 0.25) is 0 Å². The van der Waals surface area contributed by atoms with Crippen molar-refractivity contribution in [1.29, 1.82) is 0 Å². The van der Waals surface area contributed by atoms with Gasteiger partial charge in [0.2, 0.25) is 5.95 Å². The van der Waals surface area contributed by atoms with Gasteiger partial charge in [0.05, 0.1) is 26.8 Å². The summed E-state index contributed by atoms with van der Waals surface area (Å²) in [6, 6.07) is 20.3. The van der Waals surface area contributed by atoms with Crippen LogP contribution in [-0.2, 0) is 24.4 Å².